The SMILES string of the molecule is O=C(O)CCC1CCCN(C(=O)c2ccc(CSc3ncn[nH]3)cc2)C1. The number of nitrogens with zero attached hydrogens (tertiary/aromatic N) is 3. The molecule has 1 amide bonds. The van der Waals surface area contributed by atoms with E-state index in [1.54, 1.807) is 11.8 Å². The fraction of sp³-hybridized carbons (Fsp3) is 0.444. The third-order valence-corrected chi connectivity index (χ3v) is 5.49. The number of aromatic nitrogens is 3. The second kappa shape index (κ2) is 8.84. The molecule has 8 heteroatoms. The first-order valence-electron chi connectivity index (χ1n) is 8.70. The van der Waals surface area contributed by atoms with E-state index in [4.69, 9.17) is 5.11 Å². The molecule has 1 aliphatic heterocycles. The van der Waals surface area contributed by atoms with Crippen LogP contribution in [0.3, 0.4) is 0 Å². The fourth-order valence-corrected chi connectivity index (χ4v) is 3.89. The zero-order valence-corrected chi connectivity index (χ0v) is 15.2. The molecule has 1 aliphatic rings. The second-order valence-electron chi connectivity index (χ2n) is 6.47. The van der Waals surface area contributed by atoms with E-state index in [0.29, 0.717) is 18.5 Å². The minimum Gasteiger partial charge on any atom is -0.481 e. The third kappa shape index (κ3) is 5.08. The van der Waals surface area contributed by atoms with Gasteiger partial charge in [0.15, 0.2) is 5.16 Å². The Hall–Kier alpha value is -2.35. The van der Waals surface area contributed by atoms with Crippen LogP contribution in [-0.2, 0) is 10.5 Å². The molecule has 3 rings (SSSR count). The Balaban J connectivity index is 1.54. The molecule has 2 heterocycles. The number of amides is 1. The number of aliphatic carboxylic acids is 1. The van der Waals surface area contributed by atoms with E-state index in [1.165, 1.54) is 6.33 Å². The standard InChI is InChI=1S/C18H22N4O3S/c23-16(24)8-5-13-2-1-9-22(10-13)17(25)15-6-3-14(4-7-15)11-26-18-19-12-20-21-18/h3-4,6-7,12-13H,1-2,5,8-11H2,(H,23,24)(H,19,20,21). The van der Waals surface area contributed by atoms with Gasteiger partial charge in [0.2, 0.25) is 0 Å². The van der Waals surface area contributed by atoms with Gasteiger partial charge in [-0.2, -0.15) is 5.10 Å². The molecule has 1 unspecified atom stereocenters. The zero-order chi connectivity index (χ0) is 18.4. The van der Waals surface area contributed by atoms with Gasteiger partial charge in [0.25, 0.3) is 5.91 Å². The minimum atomic E-state index is -0.771. The van der Waals surface area contributed by atoms with Gasteiger partial charge in [0, 0.05) is 30.8 Å². The van der Waals surface area contributed by atoms with E-state index in [0.717, 1.165) is 35.9 Å². The smallest absolute Gasteiger partial charge is 0.303 e. The summed E-state index contributed by atoms with van der Waals surface area (Å²) >= 11 is 1.56. The number of carboxylic acid groups (broad SMARTS) is 1. The van der Waals surface area contributed by atoms with Crippen molar-refractivity contribution in [1.29, 1.82) is 0 Å². The summed E-state index contributed by atoms with van der Waals surface area (Å²) in [4.78, 5) is 29.4. The van der Waals surface area contributed by atoms with E-state index in [9.17, 15) is 9.59 Å². The van der Waals surface area contributed by atoms with Gasteiger partial charge in [-0.3, -0.25) is 14.7 Å². The first-order chi connectivity index (χ1) is 12.6. The van der Waals surface area contributed by atoms with E-state index in [1.807, 2.05) is 29.2 Å². The number of carbonyl (C=O) groups excluding carboxylic acids is 1. The number of carboxylic acids is 1. The highest BCUT2D eigenvalue weighted by atomic mass is 32.2. The average Bonchev–Trinajstić information content (AvgIpc) is 3.18. The topological polar surface area (TPSA) is 99.2 Å². The largest absolute Gasteiger partial charge is 0.481 e. The summed E-state index contributed by atoms with van der Waals surface area (Å²) in [6, 6.07) is 7.64. The molecule has 2 aromatic rings. The Morgan fingerprint density at radius 2 is 2.12 bits per heavy atom. The molecule has 1 saturated heterocycles. The second-order valence-corrected chi connectivity index (χ2v) is 7.43. The molecule has 0 aliphatic carbocycles. The number of piperidine rings is 1. The van der Waals surface area contributed by atoms with E-state index < -0.39 is 5.97 Å². The van der Waals surface area contributed by atoms with Crippen LogP contribution in [0.1, 0.15) is 41.6 Å². The van der Waals surface area contributed by atoms with Crippen molar-refractivity contribution in [1.82, 2.24) is 20.1 Å². The maximum Gasteiger partial charge on any atom is 0.303 e. The normalized spacial score (nSPS) is 17.2. The highest BCUT2D eigenvalue weighted by molar-refractivity contribution is 7.98. The number of carbonyl (C=O) groups is 2. The molecule has 0 saturated carbocycles. The predicted molar refractivity (Wildman–Crippen MR) is 97.9 cm³/mol. The van der Waals surface area contributed by atoms with Crippen molar-refractivity contribution in [3.05, 3.63) is 41.7 Å². The van der Waals surface area contributed by atoms with Crippen molar-refractivity contribution >= 4 is 23.6 Å². The lowest BCUT2D eigenvalue weighted by Gasteiger charge is -2.32. The van der Waals surface area contributed by atoms with Crippen molar-refractivity contribution in [2.24, 2.45) is 5.92 Å². The van der Waals surface area contributed by atoms with Gasteiger partial charge in [-0.1, -0.05) is 23.9 Å². The van der Waals surface area contributed by atoms with E-state index in [2.05, 4.69) is 15.2 Å². The molecular weight excluding hydrogens is 352 g/mol. The average molecular weight is 374 g/mol. The third-order valence-electron chi connectivity index (χ3n) is 4.54. The number of likely N-dealkylation sites (tertiary alicyclic amines) is 1. The number of thioether (sulfide) groups is 1. The van der Waals surface area contributed by atoms with Crippen LogP contribution in [-0.4, -0.2) is 50.2 Å². The molecule has 138 valence electrons. The van der Waals surface area contributed by atoms with Crippen molar-refractivity contribution in [2.45, 2.75) is 36.6 Å². The summed E-state index contributed by atoms with van der Waals surface area (Å²) in [7, 11) is 0. The number of hydrogen-bond donors (Lipinski definition) is 2. The Labute approximate surface area is 156 Å². The highest BCUT2D eigenvalue weighted by Gasteiger charge is 2.24. The summed E-state index contributed by atoms with van der Waals surface area (Å²) in [5.74, 6) is 0.290. The van der Waals surface area contributed by atoms with Gasteiger partial charge in [-0.05, 0) is 42.9 Å². The van der Waals surface area contributed by atoms with Gasteiger partial charge < -0.3 is 10.0 Å². The number of nitrogens with one attached hydrogen (secondary N) is 1. The van der Waals surface area contributed by atoms with Crippen LogP contribution in [0.5, 0.6) is 0 Å². The van der Waals surface area contributed by atoms with Gasteiger partial charge in [-0.15, -0.1) is 0 Å². The van der Waals surface area contributed by atoms with E-state index in [-0.39, 0.29) is 18.2 Å². The van der Waals surface area contributed by atoms with Gasteiger partial charge in [0.1, 0.15) is 6.33 Å². The summed E-state index contributed by atoms with van der Waals surface area (Å²) in [5, 5.41) is 16.2. The van der Waals surface area contributed by atoms with Gasteiger partial charge >= 0.3 is 5.97 Å². The quantitative estimate of drug-likeness (QED) is 0.723. The Bertz CT molecular complexity index is 733. The molecule has 0 radical (unpaired) electrons. The predicted octanol–water partition coefficient (Wildman–Crippen LogP) is 2.81. The molecule has 1 aromatic carbocycles. The van der Waals surface area contributed by atoms with Gasteiger partial charge in [0.05, 0.1) is 0 Å². The van der Waals surface area contributed by atoms with Crippen LogP contribution >= 0.6 is 11.8 Å². The number of H-pyrrole nitrogens is 1. The minimum absolute atomic E-state index is 0.0273. The van der Waals surface area contributed by atoms with Crippen molar-refractivity contribution < 1.29 is 14.7 Å². The number of rotatable bonds is 7. The van der Waals surface area contributed by atoms with Crippen molar-refractivity contribution in [3.63, 3.8) is 0 Å². The van der Waals surface area contributed by atoms with Crippen LogP contribution in [0.2, 0.25) is 0 Å². The van der Waals surface area contributed by atoms with Crippen LogP contribution in [0, 0.1) is 5.92 Å². The zero-order valence-electron chi connectivity index (χ0n) is 14.4. The Kier molecular flexibility index (Phi) is 6.27. The lowest BCUT2D eigenvalue weighted by molar-refractivity contribution is -0.137. The van der Waals surface area contributed by atoms with Crippen LogP contribution in [0.4, 0.5) is 0 Å². The Morgan fingerprint density at radius 3 is 2.81 bits per heavy atom. The summed E-state index contributed by atoms with van der Waals surface area (Å²) in [6.07, 6.45) is 4.21. The highest BCUT2D eigenvalue weighted by Crippen LogP contribution is 2.23. The number of hydrogen-bond acceptors (Lipinski definition) is 5. The van der Waals surface area contributed by atoms with Crippen LogP contribution < -0.4 is 0 Å². The number of benzene rings is 1. The summed E-state index contributed by atoms with van der Waals surface area (Å²) in [5.41, 5.74) is 1.79. The monoisotopic (exact) mass is 374 g/mol. The number of aromatic amines is 1. The molecule has 1 fully saturated rings. The molecule has 0 bridgehead atoms. The summed E-state index contributed by atoms with van der Waals surface area (Å²) in [6.45, 7) is 1.39. The van der Waals surface area contributed by atoms with Gasteiger partial charge in [-0.25, -0.2) is 4.98 Å². The Morgan fingerprint density at radius 1 is 1.31 bits per heavy atom. The summed E-state index contributed by atoms with van der Waals surface area (Å²) < 4.78 is 0. The maximum absolute atomic E-state index is 12.7. The molecule has 26 heavy (non-hydrogen) atoms. The molecule has 0 spiro atoms. The van der Waals surface area contributed by atoms with Crippen molar-refractivity contribution in [3.8, 4) is 0 Å². The first kappa shape index (κ1) is 18.4. The lowest BCUT2D eigenvalue weighted by Crippen LogP contribution is -2.40. The fourth-order valence-electron chi connectivity index (χ4n) is 3.15. The van der Waals surface area contributed by atoms with Crippen molar-refractivity contribution in [2.75, 3.05) is 13.1 Å². The van der Waals surface area contributed by atoms with E-state index >= 15 is 0 Å². The van der Waals surface area contributed by atoms with Crippen LogP contribution in [0.25, 0.3) is 0 Å². The van der Waals surface area contributed by atoms with Crippen LogP contribution in [0.15, 0.2) is 35.7 Å². The molecular formula is C18H22N4O3S. The molecule has 1 aromatic heterocycles. The molecule has 1 atom stereocenters. The maximum atomic E-state index is 12.7. The molecule has 2 N–H and O–H groups in total. The first-order valence-corrected chi connectivity index (χ1v) is 9.68. The lowest BCUT2D eigenvalue weighted by atomic mass is 9.93. The molecule has 7 nitrogen and oxygen atoms in total.